The molecule has 0 aliphatic heterocycles. The van der Waals surface area contributed by atoms with Crippen LogP contribution >= 0.6 is 0 Å². The summed E-state index contributed by atoms with van der Waals surface area (Å²) >= 11 is 0. The highest BCUT2D eigenvalue weighted by molar-refractivity contribution is 7.91. The van der Waals surface area contributed by atoms with E-state index >= 15 is 0 Å². The second-order valence-corrected chi connectivity index (χ2v) is 5.94. The van der Waals surface area contributed by atoms with Crippen molar-refractivity contribution in [3.8, 4) is 0 Å². The Morgan fingerprint density at radius 3 is 2.43 bits per heavy atom. The third-order valence-corrected chi connectivity index (χ3v) is 3.62. The summed E-state index contributed by atoms with van der Waals surface area (Å²) < 4.78 is 22.5. The Kier molecular flexibility index (Phi) is 6.83. The van der Waals surface area contributed by atoms with Gasteiger partial charge >= 0.3 is 0 Å². The van der Waals surface area contributed by atoms with Crippen molar-refractivity contribution in [1.82, 2.24) is 5.32 Å². The fraction of sp³-hybridized carbons (Fsp3) is 0.800. The lowest BCUT2D eigenvalue weighted by molar-refractivity contribution is 0.591. The minimum atomic E-state index is -2.82. The molecule has 1 N–H and O–H groups in total. The average Bonchev–Trinajstić information content (AvgIpc) is 2.02. The van der Waals surface area contributed by atoms with Crippen LogP contribution in [-0.2, 0) is 9.84 Å². The largest absolute Gasteiger partial charge is 0.312 e. The first kappa shape index (κ1) is 13.7. The van der Waals surface area contributed by atoms with Gasteiger partial charge in [0.1, 0.15) is 0 Å². The summed E-state index contributed by atoms with van der Waals surface area (Å²) in [5.41, 5.74) is 1.24. The zero-order valence-corrected chi connectivity index (χ0v) is 10.2. The second-order valence-electron chi connectivity index (χ2n) is 3.64. The molecule has 0 atom stereocenters. The lowest BCUT2D eigenvalue weighted by Gasteiger charge is -2.03. The summed E-state index contributed by atoms with van der Waals surface area (Å²) in [4.78, 5) is 0. The van der Waals surface area contributed by atoms with E-state index in [0.717, 1.165) is 6.54 Å². The number of nitrogens with one attached hydrogen (secondary N) is 1. The van der Waals surface area contributed by atoms with Crippen LogP contribution in [0.1, 0.15) is 27.2 Å². The summed E-state index contributed by atoms with van der Waals surface area (Å²) in [5, 5.41) is 3.08. The normalized spacial score (nSPS) is 11.4. The molecule has 0 fully saturated rings. The van der Waals surface area contributed by atoms with Crippen molar-refractivity contribution in [1.29, 1.82) is 0 Å². The van der Waals surface area contributed by atoms with E-state index in [1.807, 2.05) is 26.8 Å². The van der Waals surface area contributed by atoms with Crippen LogP contribution in [0.3, 0.4) is 0 Å². The van der Waals surface area contributed by atoms with E-state index in [1.54, 1.807) is 0 Å². The number of hydrogen-bond acceptors (Lipinski definition) is 3. The van der Waals surface area contributed by atoms with Gasteiger partial charge in [-0.1, -0.05) is 18.6 Å². The summed E-state index contributed by atoms with van der Waals surface area (Å²) in [5.74, 6) is 0.550. The first-order chi connectivity index (χ1) is 6.48. The highest BCUT2D eigenvalue weighted by atomic mass is 32.2. The molecule has 0 aromatic heterocycles. The van der Waals surface area contributed by atoms with Gasteiger partial charge in [-0.3, -0.25) is 0 Å². The van der Waals surface area contributed by atoms with Crippen LogP contribution in [0.25, 0.3) is 0 Å². The van der Waals surface area contributed by atoms with Crippen LogP contribution in [-0.4, -0.2) is 33.0 Å². The molecule has 0 saturated carbocycles. The Morgan fingerprint density at radius 2 is 1.93 bits per heavy atom. The van der Waals surface area contributed by atoms with Crippen LogP contribution < -0.4 is 5.32 Å². The molecular weight excluding hydrogens is 198 g/mol. The Labute approximate surface area is 87.5 Å². The zero-order valence-electron chi connectivity index (χ0n) is 9.34. The minimum Gasteiger partial charge on any atom is -0.312 e. The van der Waals surface area contributed by atoms with Crippen molar-refractivity contribution in [3.05, 3.63) is 11.6 Å². The van der Waals surface area contributed by atoms with E-state index in [0.29, 0.717) is 18.7 Å². The standard InChI is InChI=1S/C10H21NO2S/c1-4-8-14(12,13)9-7-11-6-5-10(2)3/h5,11H,4,6-9H2,1-3H3. The molecule has 0 spiro atoms. The fourth-order valence-electron chi connectivity index (χ4n) is 1.02. The maximum Gasteiger partial charge on any atom is 0.151 e. The first-order valence-electron chi connectivity index (χ1n) is 5.02. The smallest absolute Gasteiger partial charge is 0.151 e. The number of allylic oxidation sites excluding steroid dienone is 1. The predicted molar refractivity (Wildman–Crippen MR) is 61.2 cm³/mol. The summed E-state index contributed by atoms with van der Waals surface area (Å²) in [6.45, 7) is 7.23. The Bertz CT molecular complexity index is 264. The monoisotopic (exact) mass is 219 g/mol. The van der Waals surface area contributed by atoms with Crippen molar-refractivity contribution < 1.29 is 8.42 Å². The summed E-state index contributed by atoms with van der Waals surface area (Å²) in [7, 11) is -2.82. The third-order valence-electron chi connectivity index (χ3n) is 1.76. The Morgan fingerprint density at radius 1 is 1.29 bits per heavy atom. The van der Waals surface area contributed by atoms with E-state index < -0.39 is 9.84 Å². The molecule has 0 radical (unpaired) electrons. The highest BCUT2D eigenvalue weighted by Gasteiger charge is 2.07. The van der Waals surface area contributed by atoms with Crippen molar-refractivity contribution in [2.45, 2.75) is 27.2 Å². The van der Waals surface area contributed by atoms with Gasteiger partial charge in [-0.2, -0.15) is 0 Å². The lowest BCUT2D eigenvalue weighted by atomic mass is 10.3. The fourth-order valence-corrected chi connectivity index (χ4v) is 2.30. The molecule has 0 rings (SSSR count). The molecule has 0 aliphatic carbocycles. The van der Waals surface area contributed by atoms with Crippen LogP contribution in [0.4, 0.5) is 0 Å². The summed E-state index contributed by atoms with van der Waals surface area (Å²) in [6, 6.07) is 0. The summed E-state index contributed by atoms with van der Waals surface area (Å²) in [6.07, 6.45) is 2.75. The molecule has 3 nitrogen and oxygen atoms in total. The van der Waals surface area contributed by atoms with Gasteiger partial charge in [0, 0.05) is 18.8 Å². The van der Waals surface area contributed by atoms with Gasteiger partial charge in [-0.15, -0.1) is 0 Å². The maximum atomic E-state index is 11.3. The molecule has 0 heterocycles. The molecule has 4 heteroatoms. The van der Waals surface area contributed by atoms with Gasteiger partial charge in [-0.25, -0.2) is 8.42 Å². The van der Waals surface area contributed by atoms with E-state index in [1.165, 1.54) is 5.57 Å². The van der Waals surface area contributed by atoms with Crippen LogP contribution in [0, 0.1) is 0 Å². The highest BCUT2D eigenvalue weighted by Crippen LogP contribution is 1.92. The van der Waals surface area contributed by atoms with Crippen LogP contribution in [0.5, 0.6) is 0 Å². The SMILES string of the molecule is CCCS(=O)(=O)CCNCC=C(C)C. The van der Waals surface area contributed by atoms with Crippen molar-refractivity contribution in [2.24, 2.45) is 0 Å². The van der Waals surface area contributed by atoms with Crippen molar-refractivity contribution in [3.63, 3.8) is 0 Å². The van der Waals surface area contributed by atoms with Crippen LogP contribution in [0.15, 0.2) is 11.6 Å². The molecule has 0 bridgehead atoms. The van der Waals surface area contributed by atoms with Crippen molar-refractivity contribution >= 4 is 9.84 Å². The molecule has 0 aliphatic rings. The zero-order chi connectivity index (χ0) is 11.0. The first-order valence-corrected chi connectivity index (χ1v) is 6.84. The predicted octanol–water partition coefficient (Wildman–Crippen LogP) is 1.37. The van der Waals surface area contributed by atoms with E-state index in [2.05, 4.69) is 5.32 Å². The molecule has 14 heavy (non-hydrogen) atoms. The molecule has 0 aromatic carbocycles. The quantitative estimate of drug-likeness (QED) is 0.519. The third kappa shape index (κ3) is 8.26. The van der Waals surface area contributed by atoms with Crippen LogP contribution in [0.2, 0.25) is 0 Å². The van der Waals surface area contributed by atoms with Gasteiger partial charge < -0.3 is 5.32 Å². The van der Waals surface area contributed by atoms with E-state index in [4.69, 9.17) is 0 Å². The Balaban J connectivity index is 3.60. The minimum absolute atomic E-state index is 0.247. The molecular formula is C10H21NO2S. The topological polar surface area (TPSA) is 46.2 Å². The van der Waals surface area contributed by atoms with Gasteiger partial charge in [0.25, 0.3) is 0 Å². The molecule has 0 saturated heterocycles. The van der Waals surface area contributed by atoms with Crippen molar-refractivity contribution in [2.75, 3.05) is 24.6 Å². The van der Waals surface area contributed by atoms with Gasteiger partial charge in [0.15, 0.2) is 9.84 Å². The molecule has 0 amide bonds. The lowest BCUT2D eigenvalue weighted by Crippen LogP contribution is -2.24. The number of sulfone groups is 1. The molecule has 0 unspecified atom stereocenters. The number of rotatable bonds is 7. The van der Waals surface area contributed by atoms with E-state index in [9.17, 15) is 8.42 Å². The second kappa shape index (κ2) is 7.01. The van der Waals surface area contributed by atoms with Gasteiger partial charge in [0.05, 0.1) is 5.75 Å². The Hall–Kier alpha value is -0.350. The number of hydrogen-bond donors (Lipinski definition) is 1. The average molecular weight is 219 g/mol. The molecule has 0 aromatic rings. The maximum absolute atomic E-state index is 11.3. The van der Waals surface area contributed by atoms with E-state index in [-0.39, 0.29) is 5.75 Å². The van der Waals surface area contributed by atoms with Gasteiger partial charge in [0.2, 0.25) is 0 Å². The molecule has 84 valence electrons. The van der Waals surface area contributed by atoms with Gasteiger partial charge in [-0.05, 0) is 20.3 Å².